The maximum Gasteiger partial charge on any atom is 0.514 e. The first-order chi connectivity index (χ1) is 19.9. The third kappa shape index (κ3) is 11.7. The second-order valence-corrected chi connectivity index (χ2v) is 10.1. The summed E-state index contributed by atoms with van der Waals surface area (Å²) >= 11 is 1.91. The number of halogens is 1. The first-order valence-corrected chi connectivity index (χ1v) is 14.3. The summed E-state index contributed by atoms with van der Waals surface area (Å²) in [6, 6.07) is 9.54. The van der Waals surface area contributed by atoms with E-state index in [2.05, 4.69) is 21.3 Å². The maximum absolute atomic E-state index is 12.8. The fraction of sp³-hybridized carbons (Fsp3) is 0.370. The number of alkyl halides is 1. The average molecular weight is 697 g/mol. The van der Waals surface area contributed by atoms with Crippen molar-refractivity contribution >= 4 is 63.7 Å². The Morgan fingerprint density at radius 1 is 0.905 bits per heavy atom. The van der Waals surface area contributed by atoms with E-state index in [9.17, 15) is 34.1 Å². The number of carbonyl (C=O) groups is 5. The number of non-ortho nitro benzene ring substituents is 1. The Balaban J connectivity index is 1.81. The lowest BCUT2D eigenvalue weighted by atomic mass is 10.0. The molecule has 0 saturated heterocycles. The van der Waals surface area contributed by atoms with Gasteiger partial charge < -0.3 is 30.7 Å². The molecule has 0 saturated carbocycles. The van der Waals surface area contributed by atoms with Crippen LogP contribution in [-0.2, 0) is 30.5 Å². The molecule has 0 heterocycles. The zero-order valence-corrected chi connectivity index (χ0v) is 25.3. The number of carbonyl (C=O) groups excluding carboxylic acids is 5. The minimum Gasteiger partial charge on any atom is -0.429 e. The summed E-state index contributed by atoms with van der Waals surface area (Å²) in [7, 11) is 0. The predicted octanol–water partition coefficient (Wildman–Crippen LogP) is 2.84. The number of hydrogen-bond acceptors (Lipinski definition) is 9. The number of benzene rings is 2. The molecule has 2 aromatic rings. The monoisotopic (exact) mass is 697 g/mol. The van der Waals surface area contributed by atoms with Crippen LogP contribution in [0.4, 0.5) is 16.2 Å². The lowest BCUT2D eigenvalue weighted by molar-refractivity contribution is -0.384. The molecule has 0 aliphatic carbocycles. The maximum atomic E-state index is 12.8. The Hall–Kier alpha value is -4.28. The smallest absolute Gasteiger partial charge is 0.429 e. The van der Waals surface area contributed by atoms with Gasteiger partial charge in [-0.1, -0.05) is 48.6 Å². The van der Waals surface area contributed by atoms with Crippen LogP contribution < -0.4 is 26.0 Å². The molecule has 42 heavy (non-hydrogen) atoms. The molecule has 0 aromatic heterocycles. The first-order valence-electron chi connectivity index (χ1n) is 12.8. The van der Waals surface area contributed by atoms with E-state index < -0.39 is 40.9 Å². The number of nitrogens with zero attached hydrogens (tertiary/aromatic N) is 1. The number of nitro groups is 1. The van der Waals surface area contributed by atoms with Gasteiger partial charge in [0.05, 0.1) is 9.35 Å². The van der Waals surface area contributed by atoms with E-state index >= 15 is 0 Å². The predicted molar refractivity (Wildman–Crippen MR) is 160 cm³/mol. The number of nitrogens with one attached hydrogen (secondary N) is 4. The minimum absolute atomic E-state index is 0.0108. The van der Waals surface area contributed by atoms with Crippen LogP contribution in [0.2, 0.25) is 0 Å². The van der Waals surface area contributed by atoms with Gasteiger partial charge in [-0.25, -0.2) is 4.79 Å². The molecular formula is C27H32IN5O9. The van der Waals surface area contributed by atoms with Crippen LogP contribution in [0.5, 0.6) is 5.75 Å². The van der Waals surface area contributed by atoms with Crippen LogP contribution in [0.25, 0.3) is 0 Å². The Kier molecular flexibility index (Phi) is 13.6. The van der Waals surface area contributed by atoms with Gasteiger partial charge >= 0.3 is 6.16 Å². The van der Waals surface area contributed by atoms with Gasteiger partial charge in [-0.15, -0.1) is 0 Å². The van der Waals surface area contributed by atoms with Crippen molar-refractivity contribution in [3.63, 3.8) is 0 Å². The molecule has 0 spiro atoms. The minimum atomic E-state index is -0.996. The zero-order chi connectivity index (χ0) is 31.2. The van der Waals surface area contributed by atoms with Crippen LogP contribution in [0.3, 0.4) is 0 Å². The van der Waals surface area contributed by atoms with Gasteiger partial charge in [0, 0.05) is 30.8 Å². The van der Waals surface area contributed by atoms with E-state index in [0.29, 0.717) is 11.3 Å². The second kappa shape index (κ2) is 16.9. The molecule has 226 valence electrons. The highest BCUT2D eigenvalue weighted by molar-refractivity contribution is 14.1. The van der Waals surface area contributed by atoms with Crippen LogP contribution in [-0.4, -0.2) is 57.8 Å². The molecule has 2 rings (SSSR count). The molecule has 4 amide bonds. The van der Waals surface area contributed by atoms with Gasteiger partial charge in [-0.3, -0.25) is 29.3 Å². The van der Waals surface area contributed by atoms with Crippen molar-refractivity contribution in [3.8, 4) is 5.75 Å². The van der Waals surface area contributed by atoms with Crippen molar-refractivity contribution in [3.05, 3.63) is 64.2 Å². The summed E-state index contributed by atoms with van der Waals surface area (Å²) in [5.41, 5.74) is 0.884. The SMILES string of the molecule is CC(NC(=O)[C@@H](NC(=O)CCNC(=O)CI)C(C)C)C(=O)Nc1ccc(COC(=O)Oc2ccc([N+](=O)[O-])cc2)cc1. The van der Waals surface area contributed by atoms with Crippen molar-refractivity contribution in [1.82, 2.24) is 16.0 Å². The lowest BCUT2D eigenvalue weighted by Crippen LogP contribution is -2.54. The van der Waals surface area contributed by atoms with Crippen molar-refractivity contribution in [2.45, 2.75) is 45.9 Å². The molecule has 15 heteroatoms. The van der Waals surface area contributed by atoms with E-state index in [1.807, 2.05) is 22.6 Å². The van der Waals surface area contributed by atoms with Crippen molar-refractivity contribution in [2.75, 3.05) is 16.3 Å². The standard InChI is InChI=1S/C27H32IN5O9/c1-16(2)24(32-22(34)12-13-29-23(35)14-28)26(37)30-17(3)25(36)31-19-6-4-18(5-7-19)15-41-27(38)42-21-10-8-20(9-11-21)33(39)40/h4-11,16-17,24H,12-15H2,1-3H3,(H,29,35)(H,30,37)(H,31,36)(H,32,34)/t17?,24-/m0/s1. The summed E-state index contributed by atoms with van der Waals surface area (Å²) < 4.78 is 10.3. The lowest BCUT2D eigenvalue weighted by Gasteiger charge is -2.24. The van der Waals surface area contributed by atoms with E-state index in [0.717, 1.165) is 0 Å². The summed E-state index contributed by atoms with van der Waals surface area (Å²) in [5.74, 6) is -1.78. The van der Waals surface area contributed by atoms with Gasteiger partial charge in [0.15, 0.2) is 0 Å². The van der Waals surface area contributed by atoms with Crippen molar-refractivity contribution in [1.29, 1.82) is 0 Å². The molecule has 4 N–H and O–H groups in total. The topological polar surface area (TPSA) is 195 Å². The molecule has 0 radical (unpaired) electrons. The van der Waals surface area contributed by atoms with Gasteiger partial charge in [0.25, 0.3) is 5.69 Å². The number of amides is 4. The van der Waals surface area contributed by atoms with Crippen LogP contribution >= 0.6 is 22.6 Å². The van der Waals surface area contributed by atoms with E-state index in [4.69, 9.17) is 9.47 Å². The Bertz CT molecular complexity index is 1270. The van der Waals surface area contributed by atoms with Gasteiger partial charge in [-0.2, -0.15) is 0 Å². The second-order valence-electron chi connectivity index (χ2n) is 9.33. The molecule has 2 atom stereocenters. The Morgan fingerprint density at radius 3 is 2.12 bits per heavy atom. The molecule has 0 aliphatic heterocycles. The fourth-order valence-electron chi connectivity index (χ4n) is 3.35. The van der Waals surface area contributed by atoms with Crippen LogP contribution in [0.1, 0.15) is 32.8 Å². The van der Waals surface area contributed by atoms with E-state index in [1.165, 1.54) is 31.2 Å². The number of rotatable bonds is 14. The number of ether oxygens (including phenoxy) is 2. The summed E-state index contributed by atoms with van der Waals surface area (Å²) in [5, 5.41) is 21.2. The highest BCUT2D eigenvalue weighted by Crippen LogP contribution is 2.18. The average Bonchev–Trinajstić information content (AvgIpc) is 2.95. The number of hydrogen-bond donors (Lipinski definition) is 4. The highest BCUT2D eigenvalue weighted by Gasteiger charge is 2.27. The third-order valence-corrected chi connectivity index (χ3v) is 6.33. The van der Waals surface area contributed by atoms with Crippen LogP contribution in [0.15, 0.2) is 48.5 Å². The molecule has 2 aromatic carbocycles. The van der Waals surface area contributed by atoms with Crippen LogP contribution in [0, 0.1) is 16.0 Å². The first kappa shape index (κ1) is 33.9. The van der Waals surface area contributed by atoms with E-state index in [1.54, 1.807) is 38.1 Å². The van der Waals surface area contributed by atoms with Gasteiger partial charge in [0.2, 0.25) is 23.6 Å². The third-order valence-electron chi connectivity index (χ3n) is 5.64. The van der Waals surface area contributed by atoms with E-state index in [-0.39, 0.29) is 47.3 Å². The Morgan fingerprint density at radius 2 is 1.55 bits per heavy atom. The van der Waals surface area contributed by atoms with Crippen molar-refractivity contribution < 1.29 is 38.4 Å². The quantitative estimate of drug-likeness (QED) is 0.0574. The molecule has 0 aliphatic rings. The molecule has 0 bridgehead atoms. The summed E-state index contributed by atoms with van der Waals surface area (Å²) in [6.45, 7) is 5.04. The summed E-state index contributed by atoms with van der Waals surface area (Å²) in [4.78, 5) is 71.0. The van der Waals surface area contributed by atoms with Gasteiger partial charge in [0.1, 0.15) is 24.4 Å². The number of nitro benzene ring substituents is 1. The fourth-order valence-corrected chi connectivity index (χ4v) is 3.62. The molecular weight excluding hydrogens is 665 g/mol. The highest BCUT2D eigenvalue weighted by atomic mass is 127. The van der Waals surface area contributed by atoms with Gasteiger partial charge in [-0.05, 0) is 42.7 Å². The Labute approximate surface area is 255 Å². The molecule has 14 nitrogen and oxygen atoms in total. The zero-order valence-electron chi connectivity index (χ0n) is 23.2. The van der Waals surface area contributed by atoms with Crippen molar-refractivity contribution in [2.24, 2.45) is 5.92 Å². The molecule has 1 unspecified atom stereocenters. The largest absolute Gasteiger partial charge is 0.514 e. The normalized spacial score (nSPS) is 11.9. The number of anilines is 1. The summed E-state index contributed by atoms with van der Waals surface area (Å²) in [6.07, 6.45) is -0.985. The molecule has 0 fully saturated rings.